The first-order chi connectivity index (χ1) is 11.2. The lowest BCUT2D eigenvalue weighted by atomic mass is 9.92. The van der Waals surface area contributed by atoms with E-state index in [0.717, 1.165) is 5.56 Å². The number of nitrogens with zero attached hydrogens (tertiary/aromatic N) is 1. The van der Waals surface area contributed by atoms with Gasteiger partial charge in [0.2, 0.25) is 0 Å². The fraction of sp³-hybridized carbons (Fsp3) is 0.550. The molecule has 3 atom stereocenters. The van der Waals surface area contributed by atoms with Crippen molar-refractivity contribution in [3.63, 3.8) is 0 Å². The van der Waals surface area contributed by atoms with Gasteiger partial charge in [-0.15, -0.1) is 6.58 Å². The molecule has 1 aromatic rings. The van der Waals surface area contributed by atoms with Crippen molar-refractivity contribution in [3.8, 4) is 0 Å². The van der Waals surface area contributed by atoms with Gasteiger partial charge in [-0.2, -0.15) is 0 Å². The van der Waals surface area contributed by atoms with Crippen LogP contribution in [-0.2, 0) is 11.3 Å². The number of hydrogen-bond donors (Lipinski definition) is 1. The Hall–Kier alpha value is -1.81. The molecule has 0 saturated heterocycles. The Bertz CT molecular complexity index is 521. The van der Waals surface area contributed by atoms with E-state index in [0.29, 0.717) is 13.0 Å². The molecule has 134 valence electrons. The first kappa shape index (κ1) is 20.2. The Morgan fingerprint density at radius 1 is 1.33 bits per heavy atom. The smallest absolute Gasteiger partial charge is 0.410 e. The van der Waals surface area contributed by atoms with Crippen LogP contribution < -0.4 is 0 Å². The average molecular weight is 333 g/mol. The van der Waals surface area contributed by atoms with Crippen molar-refractivity contribution < 1.29 is 14.6 Å². The van der Waals surface area contributed by atoms with Gasteiger partial charge < -0.3 is 14.7 Å². The second-order valence-electron chi connectivity index (χ2n) is 7.12. The van der Waals surface area contributed by atoms with Crippen molar-refractivity contribution in [1.82, 2.24) is 4.90 Å². The third kappa shape index (κ3) is 6.00. The van der Waals surface area contributed by atoms with Crippen LogP contribution in [0.5, 0.6) is 0 Å². The van der Waals surface area contributed by atoms with Crippen LogP contribution in [0.1, 0.15) is 46.6 Å². The molecule has 0 unspecified atom stereocenters. The first-order valence-electron chi connectivity index (χ1n) is 8.53. The highest BCUT2D eigenvalue weighted by atomic mass is 16.6. The third-order valence-corrected chi connectivity index (χ3v) is 4.01. The molecular formula is C20H31NO3. The molecule has 4 nitrogen and oxygen atoms in total. The predicted octanol–water partition coefficient (Wildman–Crippen LogP) is 4.39. The number of rotatable bonds is 7. The minimum atomic E-state index is -0.571. The summed E-state index contributed by atoms with van der Waals surface area (Å²) in [4.78, 5) is 14.4. The van der Waals surface area contributed by atoms with Crippen molar-refractivity contribution in [2.45, 2.75) is 65.3 Å². The number of benzene rings is 1. The van der Waals surface area contributed by atoms with Gasteiger partial charge in [-0.05, 0) is 39.7 Å². The highest BCUT2D eigenvalue weighted by molar-refractivity contribution is 5.68. The van der Waals surface area contributed by atoms with Crippen LogP contribution in [0.15, 0.2) is 43.0 Å². The molecule has 1 rings (SSSR count). The molecule has 1 amide bonds. The van der Waals surface area contributed by atoms with Crippen molar-refractivity contribution >= 4 is 6.09 Å². The van der Waals surface area contributed by atoms with Crippen LogP contribution in [0.25, 0.3) is 0 Å². The Kier molecular flexibility index (Phi) is 7.49. The standard InChI is InChI=1S/C20H31NO3/c1-7-17(18(22)8-2)15(3)21(19(23)24-20(4,5)6)14-16-12-10-9-11-13-16/h7,9-13,15,17-18,22H,1,8,14H2,2-6H3/t15-,17-,18-/m1/s1. The monoisotopic (exact) mass is 333 g/mol. The van der Waals surface area contributed by atoms with Crippen LogP contribution in [0.2, 0.25) is 0 Å². The maximum absolute atomic E-state index is 12.7. The van der Waals surface area contributed by atoms with E-state index in [1.54, 1.807) is 11.0 Å². The zero-order valence-corrected chi connectivity index (χ0v) is 15.5. The van der Waals surface area contributed by atoms with Gasteiger partial charge >= 0.3 is 6.09 Å². The molecule has 0 aliphatic carbocycles. The number of aliphatic hydroxyl groups excluding tert-OH is 1. The van der Waals surface area contributed by atoms with E-state index in [4.69, 9.17) is 4.74 Å². The lowest BCUT2D eigenvalue weighted by Gasteiger charge is -2.36. The van der Waals surface area contributed by atoms with E-state index in [-0.39, 0.29) is 18.1 Å². The molecule has 0 heterocycles. The Balaban J connectivity index is 3.07. The Labute approximate surface area is 146 Å². The molecule has 0 bridgehead atoms. The summed E-state index contributed by atoms with van der Waals surface area (Å²) in [5.74, 6) is -0.216. The molecule has 0 spiro atoms. The minimum absolute atomic E-state index is 0.216. The second-order valence-corrected chi connectivity index (χ2v) is 7.12. The minimum Gasteiger partial charge on any atom is -0.444 e. The van der Waals surface area contributed by atoms with Gasteiger partial charge in [0.1, 0.15) is 5.60 Å². The van der Waals surface area contributed by atoms with Crippen LogP contribution >= 0.6 is 0 Å². The number of amides is 1. The van der Waals surface area contributed by atoms with Gasteiger partial charge in [0, 0.05) is 18.5 Å². The molecule has 1 aromatic carbocycles. The molecule has 0 fully saturated rings. The molecule has 4 heteroatoms. The van der Waals surface area contributed by atoms with Crippen LogP contribution in [0, 0.1) is 5.92 Å². The van der Waals surface area contributed by atoms with E-state index < -0.39 is 11.7 Å². The van der Waals surface area contributed by atoms with Crippen molar-refractivity contribution in [2.24, 2.45) is 5.92 Å². The molecule has 24 heavy (non-hydrogen) atoms. The summed E-state index contributed by atoms with van der Waals surface area (Å²) < 4.78 is 5.57. The fourth-order valence-corrected chi connectivity index (χ4v) is 2.63. The normalized spacial score (nSPS) is 15.2. The maximum atomic E-state index is 12.7. The topological polar surface area (TPSA) is 49.8 Å². The second kappa shape index (κ2) is 8.88. The highest BCUT2D eigenvalue weighted by Gasteiger charge is 2.32. The third-order valence-electron chi connectivity index (χ3n) is 4.01. The number of carbonyl (C=O) groups excluding carboxylic acids is 1. The maximum Gasteiger partial charge on any atom is 0.410 e. The van der Waals surface area contributed by atoms with E-state index >= 15 is 0 Å². The van der Waals surface area contributed by atoms with E-state index in [9.17, 15) is 9.90 Å². The molecule has 0 aromatic heterocycles. The number of hydrogen-bond acceptors (Lipinski definition) is 3. The SMILES string of the molecule is C=C[C@@H]([C@H](O)CC)[C@@H](C)N(Cc1ccccc1)C(=O)OC(C)(C)C. The van der Waals surface area contributed by atoms with Crippen molar-refractivity contribution in [1.29, 1.82) is 0 Å². The highest BCUT2D eigenvalue weighted by Crippen LogP contribution is 2.23. The summed E-state index contributed by atoms with van der Waals surface area (Å²) in [7, 11) is 0. The number of aliphatic hydroxyl groups is 1. The Morgan fingerprint density at radius 3 is 2.38 bits per heavy atom. The van der Waals surface area contributed by atoms with Crippen molar-refractivity contribution in [2.75, 3.05) is 0 Å². The quantitative estimate of drug-likeness (QED) is 0.753. The van der Waals surface area contributed by atoms with Gasteiger partial charge in [-0.1, -0.05) is 43.3 Å². The molecule has 0 aliphatic heterocycles. The van der Waals surface area contributed by atoms with Crippen molar-refractivity contribution in [3.05, 3.63) is 48.6 Å². The van der Waals surface area contributed by atoms with Gasteiger partial charge in [-0.3, -0.25) is 0 Å². The van der Waals surface area contributed by atoms with E-state index in [2.05, 4.69) is 6.58 Å². The summed E-state index contributed by atoms with van der Waals surface area (Å²) in [5, 5.41) is 10.3. The zero-order chi connectivity index (χ0) is 18.3. The Morgan fingerprint density at radius 2 is 1.92 bits per heavy atom. The van der Waals surface area contributed by atoms with Gasteiger partial charge in [0.05, 0.1) is 6.10 Å². The van der Waals surface area contributed by atoms with E-state index in [1.807, 2.05) is 65.0 Å². The number of ether oxygens (including phenoxy) is 1. The largest absolute Gasteiger partial charge is 0.444 e. The summed E-state index contributed by atoms with van der Waals surface area (Å²) in [5.41, 5.74) is 0.447. The summed E-state index contributed by atoms with van der Waals surface area (Å²) in [6.07, 6.45) is 1.41. The lowest BCUT2D eigenvalue weighted by Crippen LogP contribution is -2.47. The van der Waals surface area contributed by atoms with E-state index in [1.165, 1.54) is 0 Å². The van der Waals surface area contributed by atoms with Gasteiger partial charge in [-0.25, -0.2) is 4.79 Å². The molecule has 0 saturated carbocycles. The van der Waals surface area contributed by atoms with Crippen LogP contribution in [-0.4, -0.2) is 33.8 Å². The van der Waals surface area contributed by atoms with Crippen LogP contribution in [0.3, 0.4) is 0 Å². The first-order valence-corrected chi connectivity index (χ1v) is 8.53. The summed E-state index contributed by atoms with van der Waals surface area (Å²) >= 11 is 0. The van der Waals surface area contributed by atoms with Gasteiger partial charge in [0.25, 0.3) is 0 Å². The molecule has 0 aliphatic rings. The van der Waals surface area contributed by atoms with Gasteiger partial charge in [0.15, 0.2) is 0 Å². The van der Waals surface area contributed by atoms with Crippen LogP contribution in [0.4, 0.5) is 4.79 Å². The lowest BCUT2D eigenvalue weighted by molar-refractivity contribution is 0.00118. The number of carbonyl (C=O) groups is 1. The summed E-state index contributed by atoms with van der Waals surface area (Å²) in [6, 6.07) is 9.55. The molecule has 0 radical (unpaired) electrons. The zero-order valence-electron chi connectivity index (χ0n) is 15.5. The molecular weight excluding hydrogens is 302 g/mol. The predicted molar refractivity (Wildman–Crippen MR) is 97.7 cm³/mol. The fourth-order valence-electron chi connectivity index (χ4n) is 2.63. The average Bonchev–Trinajstić information content (AvgIpc) is 2.52. The summed E-state index contributed by atoms with van der Waals surface area (Å²) in [6.45, 7) is 13.7. The molecule has 1 N–H and O–H groups in total.